The van der Waals surface area contributed by atoms with E-state index in [2.05, 4.69) is 4.98 Å². The number of rotatable bonds is 5. The van der Waals surface area contributed by atoms with Gasteiger partial charge in [-0.3, -0.25) is 0 Å². The summed E-state index contributed by atoms with van der Waals surface area (Å²) in [5, 5.41) is 39.5. The Bertz CT molecular complexity index is 1060. The number of carbonyl (C=O) groups is 3. The molecule has 4 N–H and O–H groups in total. The molecule has 0 spiro atoms. The van der Waals surface area contributed by atoms with E-state index in [0.717, 1.165) is 12.1 Å². The molecule has 0 bridgehead atoms. The van der Waals surface area contributed by atoms with E-state index in [4.69, 9.17) is 9.47 Å². The molecular formula is C16H12N2O9. The highest BCUT2D eigenvalue weighted by Crippen LogP contribution is 2.46. The summed E-state index contributed by atoms with van der Waals surface area (Å²) in [6.07, 6.45) is 1.05. The zero-order valence-electron chi connectivity index (χ0n) is 13.9. The van der Waals surface area contributed by atoms with Crippen molar-refractivity contribution in [3.8, 4) is 11.5 Å². The van der Waals surface area contributed by atoms with Gasteiger partial charge in [-0.2, -0.15) is 0 Å². The van der Waals surface area contributed by atoms with E-state index in [1.54, 1.807) is 0 Å². The largest absolute Gasteiger partial charge is 0.623 e. The second-order valence-corrected chi connectivity index (χ2v) is 5.44. The van der Waals surface area contributed by atoms with Crippen LogP contribution in [0.5, 0.6) is 11.5 Å². The Morgan fingerprint density at radius 3 is 2.15 bits per heavy atom. The fourth-order valence-corrected chi connectivity index (χ4v) is 2.99. The Labute approximate surface area is 150 Å². The van der Waals surface area contributed by atoms with Gasteiger partial charge in [0, 0.05) is 6.08 Å². The van der Waals surface area contributed by atoms with Gasteiger partial charge in [-0.25, -0.2) is 19.4 Å². The molecule has 0 aliphatic carbocycles. The van der Waals surface area contributed by atoms with E-state index in [9.17, 15) is 34.9 Å². The molecule has 0 fully saturated rings. The molecule has 1 unspecified atom stereocenters. The van der Waals surface area contributed by atoms with Crippen molar-refractivity contribution in [3.63, 3.8) is 0 Å². The Kier molecular flexibility index (Phi) is 4.18. The fraction of sp³-hybridized carbons (Fsp3) is 0.125. The van der Waals surface area contributed by atoms with Gasteiger partial charge in [-0.1, -0.05) is 0 Å². The van der Waals surface area contributed by atoms with Crippen molar-refractivity contribution in [1.82, 2.24) is 4.98 Å². The lowest BCUT2D eigenvalue weighted by Gasteiger charge is -2.22. The quantitative estimate of drug-likeness (QED) is 0.525. The number of quaternary nitrogens is 1. The molecular weight excluding hydrogens is 364 g/mol. The van der Waals surface area contributed by atoms with Crippen LogP contribution in [0.25, 0.3) is 17.0 Å². The molecule has 0 saturated carbocycles. The van der Waals surface area contributed by atoms with E-state index >= 15 is 0 Å². The summed E-state index contributed by atoms with van der Waals surface area (Å²) >= 11 is 0. The van der Waals surface area contributed by atoms with Crippen molar-refractivity contribution < 1.29 is 44.2 Å². The number of hydrogen-bond acceptors (Lipinski definition) is 7. The van der Waals surface area contributed by atoms with Crippen molar-refractivity contribution in [2.24, 2.45) is 0 Å². The number of aromatic carboxylic acids is 2. The smallest absolute Gasteiger partial charge is 0.391 e. The number of hydrogen-bond donors (Lipinski definition) is 4. The Balaban J connectivity index is 2.58. The second kappa shape index (κ2) is 6.23. The summed E-state index contributed by atoms with van der Waals surface area (Å²) in [6, 6.07) is 0.797. The van der Waals surface area contributed by atoms with Gasteiger partial charge in [0.05, 0.1) is 30.7 Å². The van der Waals surface area contributed by atoms with Crippen LogP contribution in [-0.2, 0) is 4.79 Å². The lowest BCUT2D eigenvalue weighted by molar-refractivity contribution is -0.721. The second-order valence-electron chi connectivity index (χ2n) is 5.44. The van der Waals surface area contributed by atoms with Crippen LogP contribution in [0.15, 0.2) is 11.8 Å². The van der Waals surface area contributed by atoms with E-state index in [1.807, 2.05) is 0 Å². The summed E-state index contributed by atoms with van der Waals surface area (Å²) in [5.74, 6) is -4.69. The number of hydroxylamine groups is 1. The molecule has 2 aromatic rings. The highest BCUT2D eigenvalue weighted by Gasteiger charge is 2.37. The Hall–Kier alpha value is -3.70. The van der Waals surface area contributed by atoms with Crippen LogP contribution in [0.4, 0.5) is 5.69 Å². The van der Waals surface area contributed by atoms with Gasteiger partial charge in [-0.05, 0) is 6.07 Å². The van der Waals surface area contributed by atoms with Crippen molar-refractivity contribution in [1.29, 1.82) is 0 Å². The minimum absolute atomic E-state index is 0.0247. The number of nitrogens with one attached hydrogen (secondary N) is 1. The molecule has 1 aliphatic rings. The molecule has 1 aromatic heterocycles. The van der Waals surface area contributed by atoms with Crippen molar-refractivity contribution in [2.75, 3.05) is 14.2 Å². The number of aromatic nitrogens is 1. The summed E-state index contributed by atoms with van der Waals surface area (Å²) in [4.78, 5) is 38.3. The molecule has 3 rings (SSSR count). The van der Waals surface area contributed by atoms with E-state index in [-0.39, 0.29) is 33.7 Å². The molecule has 11 heteroatoms. The maximum absolute atomic E-state index is 12.6. The molecule has 1 aliphatic heterocycles. The van der Waals surface area contributed by atoms with Gasteiger partial charge in [0.1, 0.15) is 11.2 Å². The van der Waals surface area contributed by atoms with Crippen LogP contribution in [0.2, 0.25) is 0 Å². The van der Waals surface area contributed by atoms with Gasteiger partial charge in [-0.15, -0.1) is 0 Å². The topological polar surface area (TPSA) is 171 Å². The first kappa shape index (κ1) is 18.1. The predicted octanol–water partition coefficient (Wildman–Crippen LogP) is 0.102. The lowest BCUT2D eigenvalue weighted by Crippen LogP contribution is -3.00. The maximum atomic E-state index is 12.6. The third-order valence-electron chi connectivity index (χ3n) is 4.05. The molecule has 1 aromatic carbocycles. The first-order valence-electron chi connectivity index (χ1n) is 7.31. The SMILES string of the molecule is COc1c2c(c3c(C(=O)O)cc(C(=O)O)nc3c1OC)[NH+]([O-])C(C(=O)O)=C2. The number of aliphatic carboxylic acids is 1. The van der Waals surface area contributed by atoms with Gasteiger partial charge in [0.2, 0.25) is 5.70 Å². The van der Waals surface area contributed by atoms with Crippen LogP contribution in [-0.4, -0.2) is 52.4 Å². The Morgan fingerprint density at radius 2 is 1.67 bits per heavy atom. The Morgan fingerprint density at radius 1 is 1.04 bits per heavy atom. The highest BCUT2D eigenvalue weighted by atomic mass is 16.5. The van der Waals surface area contributed by atoms with Crippen LogP contribution in [0.3, 0.4) is 0 Å². The first-order valence-corrected chi connectivity index (χ1v) is 7.31. The number of ether oxygens (including phenoxy) is 2. The fourth-order valence-electron chi connectivity index (χ4n) is 2.99. The highest BCUT2D eigenvalue weighted by molar-refractivity contribution is 6.14. The minimum Gasteiger partial charge on any atom is -0.623 e. The standard InChI is InChI=1S/C16H12N2O9/c1-26-12-6-4-8(16(23)24)18(25)11(6)9-5(14(19)20)3-7(15(21)22)17-10(9)13(12)27-2/h3-4,18H,1-2H3,(H,19,20)(H,21,22)(H,23,24). The number of carboxylic acid groups (broad SMARTS) is 3. The number of benzene rings is 1. The molecule has 0 radical (unpaired) electrons. The van der Waals surface area contributed by atoms with Crippen LogP contribution < -0.4 is 14.5 Å². The summed E-state index contributed by atoms with van der Waals surface area (Å²) in [5.41, 5.74) is -2.16. The van der Waals surface area contributed by atoms with Crippen LogP contribution >= 0.6 is 0 Å². The summed E-state index contributed by atoms with van der Waals surface area (Å²) in [7, 11) is 2.46. The van der Waals surface area contributed by atoms with Crippen molar-refractivity contribution >= 4 is 40.6 Å². The average Bonchev–Trinajstić information content (AvgIpc) is 2.96. The van der Waals surface area contributed by atoms with Crippen molar-refractivity contribution in [3.05, 3.63) is 33.8 Å². The van der Waals surface area contributed by atoms with Crippen LogP contribution in [0.1, 0.15) is 26.4 Å². The minimum atomic E-state index is -1.52. The molecule has 11 nitrogen and oxygen atoms in total. The maximum Gasteiger partial charge on any atom is 0.391 e. The van der Waals surface area contributed by atoms with Gasteiger partial charge in [0.25, 0.3) is 0 Å². The molecule has 2 heterocycles. The predicted molar refractivity (Wildman–Crippen MR) is 88.4 cm³/mol. The number of pyridine rings is 1. The van der Waals surface area contributed by atoms with Crippen molar-refractivity contribution in [2.45, 2.75) is 0 Å². The third-order valence-corrected chi connectivity index (χ3v) is 4.05. The lowest BCUT2D eigenvalue weighted by atomic mass is 10.0. The third kappa shape index (κ3) is 2.53. The van der Waals surface area contributed by atoms with Gasteiger partial charge in [0.15, 0.2) is 17.2 Å². The number of nitrogens with zero attached hydrogens (tertiary/aromatic N) is 1. The average molecular weight is 376 g/mol. The molecule has 0 saturated heterocycles. The molecule has 27 heavy (non-hydrogen) atoms. The summed E-state index contributed by atoms with van der Waals surface area (Å²) in [6.45, 7) is 0. The molecule has 0 amide bonds. The molecule has 140 valence electrons. The zero-order chi connectivity index (χ0) is 20.0. The summed E-state index contributed by atoms with van der Waals surface area (Å²) < 4.78 is 10.4. The van der Waals surface area contributed by atoms with E-state index in [1.165, 1.54) is 14.2 Å². The monoisotopic (exact) mass is 376 g/mol. The van der Waals surface area contributed by atoms with Crippen LogP contribution in [0, 0.1) is 5.21 Å². The number of fused-ring (bicyclic) bond motifs is 3. The van der Waals surface area contributed by atoms with Gasteiger partial charge >= 0.3 is 17.9 Å². The normalized spacial score (nSPS) is 15.2. The van der Waals surface area contributed by atoms with E-state index in [0.29, 0.717) is 0 Å². The number of carboxylic acids is 3. The van der Waals surface area contributed by atoms with E-state index < -0.39 is 39.9 Å². The number of methoxy groups -OCH3 is 2. The first-order chi connectivity index (χ1) is 12.7. The van der Waals surface area contributed by atoms with Gasteiger partial charge < -0.3 is 35.1 Å². The zero-order valence-corrected chi connectivity index (χ0v) is 13.9. The molecule has 1 atom stereocenters.